The Kier molecular flexibility index (Phi) is 8.34. The molecule has 0 spiro atoms. The van der Waals surface area contributed by atoms with Crippen LogP contribution in [0.1, 0.15) is 20.7 Å². The summed E-state index contributed by atoms with van der Waals surface area (Å²) in [6.07, 6.45) is 1.49. The fraction of sp³-hybridized carbons (Fsp3) is 0.0278. The monoisotopic (exact) mass is 599 g/mol. The largest absolute Gasteiger partial charge is 0.321 e. The van der Waals surface area contributed by atoms with Gasteiger partial charge in [0, 0.05) is 26.9 Å². The highest BCUT2D eigenvalue weighted by Crippen LogP contribution is 2.30. The summed E-state index contributed by atoms with van der Waals surface area (Å²) in [5, 5.41) is 7.55. The highest BCUT2D eigenvalue weighted by Gasteiger charge is 2.17. The molecule has 0 fully saturated rings. The number of nitrogens with zero attached hydrogens (tertiary/aromatic N) is 1. The third-order valence-electron chi connectivity index (χ3n) is 7.01. The number of thioether (sulfide) groups is 1. The van der Waals surface area contributed by atoms with E-state index in [1.165, 1.54) is 42.1 Å². The Morgan fingerprint density at radius 3 is 1.93 bits per heavy atom. The molecule has 0 saturated carbocycles. The predicted molar refractivity (Wildman–Crippen MR) is 174 cm³/mol. The van der Waals surface area contributed by atoms with Gasteiger partial charge < -0.3 is 10.6 Å². The van der Waals surface area contributed by atoms with Crippen LogP contribution in [0.25, 0.3) is 27.9 Å². The Hall–Kier alpha value is -5.47. The maximum absolute atomic E-state index is 13.4. The molecule has 6 aromatic rings. The Balaban J connectivity index is 1.15. The Morgan fingerprint density at radius 1 is 0.705 bits per heavy atom. The summed E-state index contributed by atoms with van der Waals surface area (Å²) in [6, 6.07) is 37.0. The standard InChI is InChI=1S/C36H26FN3O3S/c37-26-16-14-24(15-17-26)22-31(39-35(42)25-8-2-1-3-9-25)36(43)38-27-18-20-28(21-19-27)44-23-34(41)40-32-12-6-4-10-29(32)30-11-5-7-13-33(30)40/h1-22H,23H2,(H,38,43)(H,39,42)/b31-22-. The normalized spacial score (nSPS) is 11.4. The lowest BCUT2D eigenvalue weighted by Crippen LogP contribution is -2.30. The fourth-order valence-corrected chi connectivity index (χ4v) is 5.65. The Morgan fingerprint density at radius 2 is 1.30 bits per heavy atom. The van der Waals surface area contributed by atoms with Crippen molar-refractivity contribution in [2.45, 2.75) is 4.90 Å². The first-order valence-electron chi connectivity index (χ1n) is 13.9. The number of anilines is 1. The van der Waals surface area contributed by atoms with Crippen LogP contribution in [0, 0.1) is 5.82 Å². The van der Waals surface area contributed by atoms with Gasteiger partial charge in [-0.15, -0.1) is 11.8 Å². The van der Waals surface area contributed by atoms with Crippen LogP contribution in [0.15, 0.2) is 138 Å². The molecule has 6 rings (SSSR count). The van der Waals surface area contributed by atoms with Crippen molar-refractivity contribution in [2.24, 2.45) is 0 Å². The molecule has 0 bridgehead atoms. The lowest BCUT2D eigenvalue weighted by molar-refractivity contribution is -0.113. The van der Waals surface area contributed by atoms with E-state index in [0.29, 0.717) is 16.8 Å². The molecule has 2 amide bonds. The van der Waals surface area contributed by atoms with Crippen LogP contribution in [0.2, 0.25) is 0 Å². The van der Waals surface area contributed by atoms with Gasteiger partial charge in [-0.1, -0.05) is 66.7 Å². The highest BCUT2D eigenvalue weighted by atomic mass is 32.2. The number of para-hydroxylation sites is 2. The van der Waals surface area contributed by atoms with Gasteiger partial charge in [0.05, 0.1) is 16.8 Å². The van der Waals surface area contributed by atoms with Gasteiger partial charge in [-0.25, -0.2) is 4.39 Å². The summed E-state index contributed by atoms with van der Waals surface area (Å²) in [5.74, 6) is -1.20. The molecule has 0 atom stereocenters. The number of halogens is 1. The molecule has 0 aliphatic carbocycles. The Bertz CT molecular complexity index is 1970. The molecule has 1 heterocycles. The van der Waals surface area contributed by atoms with Crippen molar-refractivity contribution < 1.29 is 18.8 Å². The molecule has 6 nitrogen and oxygen atoms in total. The smallest absolute Gasteiger partial charge is 0.272 e. The zero-order valence-electron chi connectivity index (χ0n) is 23.4. The molecular weight excluding hydrogens is 573 g/mol. The second-order valence-corrected chi connectivity index (χ2v) is 11.0. The first-order valence-corrected chi connectivity index (χ1v) is 14.8. The minimum Gasteiger partial charge on any atom is -0.321 e. The molecule has 0 saturated heterocycles. The van der Waals surface area contributed by atoms with E-state index < -0.39 is 17.6 Å². The van der Waals surface area contributed by atoms with Crippen LogP contribution in [0.4, 0.5) is 10.1 Å². The van der Waals surface area contributed by atoms with Gasteiger partial charge in [0.2, 0.25) is 5.91 Å². The van der Waals surface area contributed by atoms with E-state index in [9.17, 15) is 18.8 Å². The number of fused-ring (bicyclic) bond motifs is 3. The number of amides is 2. The number of nitrogens with one attached hydrogen (secondary N) is 2. The molecule has 44 heavy (non-hydrogen) atoms. The minimum atomic E-state index is -0.541. The van der Waals surface area contributed by atoms with E-state index in [2.05, 4.69) is 10.6 Å². The third kappa shape index (κ3) is 6.30. The highest BCUT2D eigenvalue weighted by molar-refractivity contribution is 8.00. The molecule has 0 aliphatic heterocycles. The van der Waals surface area contributed by atoms with E-state index in [1.54, 1.807) is 47.0 Å². The van der Waals surface area contributed by atoms with Crippen LogP contribution in [-0.4, -0.2) is 28.0 Å². The first-order chi connectivity index (χ1) is 21.5. The van der Waals surface area contributed by atoms with Crippen molar-refractivity contribution >= 4 is 63.1 Å². The number of benzene rings is 5. The van der Waals surface area contributed by atoms with Crippen LogP contribution < -0.4 is 10.6 Å². The first kappa shape index (κ1) is 28.6. The van der Waals surface area contributed by atoms with Gasteiger partial charge in [0.1, 0.15) is 11.5 Å². The average Bonchev–Trinajstić information content (AvgIpc) is 3.40. The van der Waals surface area contributed by atoms with Crippen LogP contribution in [0.3, 0.4) is 0 Å². The Labute approximate surface area is 257 Å². The van der Waals surface area contributed by atoms with Gasteiger partial charge in [-0.3, -0.25) is 19.0 Å². The molecular formula is C36H26FN3O3S. The molecule has 0 unspecified atom stereocenters. The van der Waals surface area contributed by atoms with Gasteiger partial charge in [-0.2, -0.15) is 0 Å². The number of rotatable bonds is 8. The van der Waals surface area contributed by atoms with Crippen molar-refractivity contribution in [3.05, 3.63) is 150 Å². The van der Waals surface area contributed by atoms with Crippen molar-refractivity contribution in [3.63, 3.8) is 0 Å². The number of aromatic nitrogens is 1. The number of hydrogen-bond donors (Lipinski definition) is 2. The zero-order valence-corrected chi connectivity index (χ0v) is 24.2. The number of carbonyl (C=O) groups excluding carboxylic acids is 3. The third-order valence-corrected chi connectivity index (χ3v) is 8.01. The maximum atomic E-state index is 13.4. The average molecular weight is 600 g/mol. The second kappa shape index (κ2) is 12.8. The van der Waals surface area contributed by atoms with Crippen molar-refractivity contribution in [2.75, 3.05) is 11.1 Å². The molecule has 1 aromatic heterocycles. The minimum absolute atomic E-state index is 0.000634. The second-order valence-electron chi connectivity index (χ2n) is 9.96. The van der Waals surface area contributed by atoms with E-state index >= 15 is 0 Å². The van der Waals surface area contributed by atoms with E-state index in [-0.39, 0.29) is 17.4 Å². The molecule has 0 aliphatic rings. The zero-order chi connectivity index (χ0) is 30.5. The fourth-order valence-electron chi connectivity index (χ4n) is 4.90. The summed E-state index contributed by atoms with van der Waals surface area (Å²) in [5.41, 5.74) is 3.20. The molecule has 2 N–H and O–H groups in total. The van der Waals surface area contributed by atoms with Crippen LogP contribution in [-0.2, 0) is 4.79 Å². The number of hydrogen-bond acceptors (Lipinski definition) is 4. The van der Waals surface area contributed by atoms with E-state index in [0.717, 1.165) is 26.7 Å². The lowest BCUT2D eigenvalue weighted by Gasteiger charge is -2.12. The van der Waals surface area contributed by atoms with Gasteiger partial charge in [0.25, 0.3) is 11.8 Å². The SMILES string of the molecule is O=C(Nc1ccc(SCC(=O)n2c3ccccc3c3ccccc32)cc1)/C(=C/c1ccc(F)cc1)NC(=O)c1ccccc1. The van der Waals surface area contributed by atoms with E-state index in [1.807, 2.05) is 60.7 Å². The molecule has 5 aromatic carbocycles. The summed E-state index contributed by atoms with van der Waals surface area (Å²) in [7, 11) is 0. The van der Waals surface area contributed by atoms with Gasteiger partial charge in [0.15, 0.2) is 0 Å². The molecule has 8 heteroatoms. The van der Waals surface area contributed by atoms with Crippen molar-refractivity contribution in [1.82, 2.24) is 9.88 Å². The van der Waals surface area contributed by atoms with Crippen LogP contribution >= 0.6 is 11.8 Å². The van der Waals surface area contributed by atoms with Crippen molar-refractivity contribution in [1.29, 1.82) is 0 Å². The maximum Gasteiger partial charge on any atom is 0.272 e. The summed E-state index contributed by atoms with van der Waals surface area (Å²) in [4.78, 5) is 40.3. The topological polar surface area (TPSA) is 80.2 Å². The summed E-state index contributed by atoms with van der Waals surface area (Å²) >= 11 is 1.40. The molecule has 0 radical (unpaired) electrons. The number of carbonyl (C=O) groups is 3. The predicted octanol–water partition coefficient (Wildman–Crippen LogP) is 7.78. The van der Waals surface area contributed by atoms with Crippen LogP contribution in [0.5, 0.6) is 0 Å². The summed E-state index contributed by atoms with van der Waals surface area (Å²) < 4.78 is 15.2. The quantitative estimate of drug-likeness (QED) is 0.138. The van der Waals surface area contributed by atoms with Gasteiger partial charge in [-0.05, 0) is 72.3 Å². The van der Waals surface area contributed by atoms with Gasteiger partial charge >= 0.3 is 0 Å². The summed E-state index contributed by atoms with van der Waals surface area (Å²) in [6.45, 7) is 0. The van der Waals surface area contributed by atoms with Crippen molar-refractivity contribution in [3.8, 4) is 0 Å². The van der Waals surface area contributed by atoms with E-state index in [4.69, 9.17) is 0 Å². The molecule has 216 valence electrons. The lowest BCUT2D eigenvalue weighted by atomic mass is 10.1.